The second-order valence-corrected chi connectivity index (χ2v) is 10.6. The molecule has 4 N–H and O–H groups in total. The van der Waals surface area contributed by atoms with Crippen LogP contribution in [0, 0.1) is 16.7 Å². The van der Waals surface area contributed by atoms with Crippen LogP contribution in [0.5, 0.6) is 0 Å². The van der Waals surface area contributed by atoms with Crippen LogP contribution in [-0.2, 0) is 14.4 Å². The summed E-state index contributed by atoms with van der Waals surface area (Å²) < 4.78 is 82.2. The molecule has 13 heteroatoms. The van der Waals surface area contributed by atoms with Crippen molar-refractivity contribution in [1.29, 1.82) is 0 Å². The Hall–Kier alpha value is -1.15. The molecule has 0 aromatic heterocycles. The van der Waals surface area contributed by atoms with Crippen LogP contribution in [0.4, 0.5) is 26.3 Å². The van der Waals surface area contributed by atoms with Crippen LogP contribution in [0.1, 0.15) is 58.8 Å². The minimum absolute atomic E-state index is 0.0226. The lowest BCUT2D eigenvalue weighted by Crippen LogP contribution is -2.68. The number of alkyl halides is 6. The first-order valence-electron chi connectivity index (χ1n) is 10.6. The fraction of sp³-hybridized carbons (Fsp3) is 0.950. The van der Waals surface area contributed by atoms with Crippen LogP contribution >= 0.6 is 0 Å². The Labute approximate surface area is 185 Å². The van der Waals surface area contributed by atoms with Gasteiger partial charge in [0, 0.05) is 17.3 Å². The number of aliphatic hydroxyl groups is 3. The first kappa shape index (κ1) is 26.5. The maximum atomic E-state index is 13.0. The summed E-state index contributed by atoms with van der Waals surface area (Å²) in [5.74, 6) is -3.07. The van der Waals surface area contributed by atoms with E-state index < -0.39 is 58.7 Å². The molecule has 0 aliphatic heterocycles. The molecule has 0 spiro atoms. The van der Waals surface area contributed by atoms with Crippen molar-refractivity contribution in [2.45, 2.75) is 94.1 Å². The zero-order valence-corrected chi connectivity index (χ0v) is 18.1. The first-order chi connectivity index (χ1) is 14.8. The van der Waals surface area contributed by atoms with Crippen molar-refractivity contribution < 1.29 is 61.3 Å². The summed E-state index contributed by atoms with van der Waals surface area (Å²) in [5, 5.41) is 40.9. The molecule has 4 aliphatic carbocycles. The van der Waals surface area contributed by atoms with Gasteiger partial charge in [-0.05, 0) is 44.4 Å². The molecule has 0 amide bonds. The second-order valence-electron chi connectivity index (χ2n) is 10.6. The van der Waals surface area contributed by atoms with E-state index >= 15 is 0 Å². The Morgan fingerprint density at radius 2 is 1.48 bits per heavy atom. The molecular formula is C20H28F6O7. The number of halogens is 6. The van der Waals surface area contributed by atoms with E-state index in [1.807, 2.05) is 0 Å². The predicted octanol–water partition coefficient (Wildman–Crippen LogP) is 3.11. The van der Waals surface area contributed by atoms with Crippen molar-refractivity contribution in [3.8, 4) is 0 Å². The Morgan fingerprint density at radius 1 is 1.00 bits per heavy atom. The number of ether oxygens (including phenoxy) is 1. The highest BCUT2D eigenvalue weighted by Gasteiger charge is 2.77. The number of rotatable bonds is 7. The van der Waals surface area contributed by atoms with Gasteiger partial charge < -0.3 is 20.1 Å². The summed E-state index contributed by atoms with van der Waals surface area (Å²) in [6.07, 6.45) is -12.6. The first-order valence-corrected chi connectivity index (χ1v) is 10.6. The van der Waals surface area contributed by atoms with Gasteiger partial charge in [0.1, 0.15) is 6.10 Å². The van der Waals surface area contributed by atoms with Crippen LogP contribution in [-0.4, -0.2) is 68.4 Å². The largest absolute Gasteiger partial charge is 0.462 e. The lowest BCUT2D eigenvalue weighted by Gasteiger charge is -2.66. The molecule has 4 saturated carbocycles. The summed E-state index contributed by atoms with van der Waals surface area (Å²) in [6, 6.07) is 0. The Balaban J connectivity index is 1.88. The van der Waals surface area contributed by atoms with Gasteiger partial charge in [-0.2, -0.15) is 26.3 Å². The number of hydrogen-bond acceptors (Lipinski definition) is 7. The maximum absolute atomic E-state index is 13.0. The monoisotopic (exact) mass is 494 g/mol. The van der Waals surface area contributed by atoms with Crippen LogP contribution in [0.15, 0.2) is 0 Å². The standard InChI is InChI=1S/C20H28F6O7/c1-3-14(2,10-32-13(27)18(30,19(21,22)23)20(24,25)26)12(33-31)15-4-11-5-16(28,7-15)9-17(29,6-11)8-15/h11-12,28-31H,3-10H2,1-2H3. The minimum Gasteiger partial charge on any atom is -0.462 e. The fourth-order valence-electron chi connectivity index (χ4n) is 6.77. The Bertz CT molecular complexity index is 752. The molecule has 0 aromatic rings. The summed E-state index contributed by atoms with van der Waals surface area (Å²) in [6.45, 7) is 1.79. The molecule has 0 aromatic carbocycles. The third-order valence-electron chi connectivity index (χ3n) is 7.80. The van der Waals surface area contributed by atoms with Crippen molar-refractivity contribution in [2.75, 3.05) is 6.61 Å². The van der Waals surface area contributed by atoms with E-state index in [1.54, 1.807) is 0 Å². The lowest BCUT2D eigenvalue weighted by molar-refractivity contribution is -0.369. The molecule has 0 radical (unpaired) electrons. The third-order valence-corrected chi connectivity index (χ3v) is 7.80. The normalized spacial score (nSPS) is 37.0. The molecule has 4 fully saturated rings. The predicted molar refractivity (Wildman–Crippen MR) is 97.4 cm³/mol. The molecule has 4 aliphatic rings. The topological polar surface area (TPSA) is 116 Å². The SMILES string of the molecule is CCC(C)(COC(=O)C(O)(C(F)(F)F)C(F)(F)F)C(OO)C12CC3CC(O)(CC(O)(C3)C1)C2. The van der Waals surface area contributed by atoms with E-state index in [1.165, 1.54) is 13.8 Å². The minimum atomic E-state index is -6.38. The van der Waals surface area contributed by atoms with Gasteiger partial charge in [-0.3, -0.25) is 5.26 Å². The highest BCUT2D eigenvalue weighted by atomic mass is 19.4. The average Bonchev–Trinajstić information content (AvgIpc) is 2.60. The number of carbonyl (C=O) groups excluding carboxylic acids is 1. The van der Waals surface area contributed by atoms with Gasteiger partial charge in [-0.1, -0.05) is 13.8 Å². The lowest BCUT2D eigenvalue weighted by atomic mass is 9.43. The second kappa shape index (κ2) is 7.67. The van der Waals surface area contributed by atoms with Gasteiger partial charge in [0.05, 0.1) is 17.8 Å². The zero-order valence-electron chi connectivity index (χ0n) is 18.1. The van der Waals surface area contributed by atoms with E-state index in [9.17, 15) is 51.7 Å². The van der Waals surface area contributed by atoms with Gasteiger partial charge in [0.2, 0.25) is 0 Å². The Kier molecular flexibility index (Phi) is 6.15. The van der Waals surface area contributed by atoms with Crippen LogP contribution in [0.25, 0.3) is 0 Å². The maximum Gasteiger partial charge on any atom is 0.437 e. The summed E-state index contributed by atoms with van der Waals surface area (Å²) in [5.41, 5.74) is -10.8. The van der Waals surface area contributed by atoms with E-state index in [0.29, 0.717) is 19.3 Å². The number of esters is 1. The van der Waals surface area contributed by atoms with Gasteiger partial charge in [-0.15, -0.1) is 0 Å². The number of carbonyl (C=O) groups is 1. The molecule has 4 rings (SSSR count). The van der Waals surface area contributed by atoms with Gasteiger partial charge in [0.15, 0.2) is 0 Å². The third kappa shape index (κ3) is 4.13. The van der Waals surface area contributed by atoms with Crippen LogP contribution in [0.2, 0.25) is 0 Å². The van der Waals surface area contributed by atoms with Crippen molar-refractivity contribution >= 4 is 5.97 Å². The van der Waals surface area contributed by atoms with Gasteiger partial charge in [-0.25, -0.2) is 9.68 Å². The van der Waals surface area contributed by atoms with E-state index in [2.05, 4.69) is 4.74 Å². The quantitative estimate of drug-likeness (QED) is 0.186. The average molecular weight is 494 g/mol. The van der Waals surface area contributed by atoms with E-state index in [4.69, 9.17) is 4.89 Å². The summed E-state index contributed by atoms with van der Waals surface area (Å²) >= 11 is 0. The van der Waals surface area contributed by atoms with Crippen molar-refractivity contribution in [3.05, 3.63) is 0 Å². The van der Waals surface area contributed by atoms with Gasteiger partial charge >= 0.3 is 23.9 Å². The number of hydrogen-bond donors (Lipinski definition) is 4. The van der Waals surface area contributed by atoms with E-state index in [-0.39, 0.29) is 31.6 Å². The molecule has 0 saturated heterocycles. The molecular weight excluding hydrogens is 466 g/mol. The highest BCUT2D eigenvalue weighted by molar-refractivity contribution is 5.81. The molecule has 7 nitrogen and oxygen atoms in total. The smallest absolute Gasteiger partial charge is 0.437 e. The van der Waals surface area contributed by atoms with Crippen LogP contribution in [0.3, 0.4) is 0 Å². The van der Waals surface area contributed by atoms with Crippen LogP contribution < -0.4 is 0 Å². The highest BCUT2D eigenvalue weighted by Crippen LogP contribution is 2.66. The van der Waals surface area contributed by atoms with Crippen molar-refractivity contribution in [1.82, 2.24) is 0 Å². The molecule has 33 heavy (non-hydrogen) atoms. The van der Waals surface area contributed by atoms with Crippen molar-refractivity contribution in [3.63, 3.8) is 0 Å². The molecule has 4 unspecified atom stereocenters. The zero-order chi connectivity index (χ0) is 25.3. The molecule has 4 bridgehead atoms. The molecule has 192 valence electrons. The molecule has 4 atom stereocenters. The molecule has 0 heterocycles. The Morgan fingerprint density at radius 3 is 1.85 bits per heavy atom. The summed E-state index contributed by atoms with van der Waals surface area (Å²) in [7, 11) is 0. The van der Waals surface area contributed by atoms with Gasteiger partial charge in [0.25, 0.3) is 0 Å². The van der Waals surface area contributed by atoms with Crippen molar-refractivity contribution in [2.24, 2.45) is 16.7 Å². The fourth-order valence-corrected chi connectivity index (χ4v) is 6.77. The van der Waals surface area contributed by atoms with E-state index in [0.717, 1.165) is 0 Å². The summed E-state index contributed by atoms with van der Waals surface area (Å²) in [4.78, 5) is 16.6.